The Labute approximate surface area is 126 Å². The molecule has 3 heterocycles. The monoisotopic (exact) mass is 307 g/mol. The number of rotatable bonds is 3. The number of carboxylic acid groups (broad SMARTS) is 1. The van der Waals surface area contributed by atoms with E-state index in [1.165, 1.54) is 12.1 Å². The Morgan fingerprint density at radius 3 is 2.81 bits per heavy atom. The van der Waals surface area contributed by atoms with Crippen molar-refractivity contribution in [3.05, 3.63) is 46.1 Å². The zero-order valence-corrected chi connectivity index (χ0v) is 12.2. The van der Waals surface area contributed by atoms with Crippen LogP contribution in [0.4, 0.5) is 0 Å². The molecule has 0 aromatic carbocycles. The second-order valence-electron chi connectivity index (χ2n) is 5.22. The second-order valence-corrected chi connectivity index (χ2v) is 5.59. The molecule has 21 heavy (non-hydrogen) atoms. The van der Waals surface area contributed by atoms with Crippen LogP contribution in [0.1, 0.15) is 46.3 Å². The summed E-state index contributed by atoms with van der Waals surface area (Å²) >= 11 is 5.71. The molecular formula is C15H14ClNO4. The van der Waals surface area contributed by atoms with Gasteiger partial charge < -0.3 is 14.1 Å². The highest BCUT2D eigenvalue weighted by atomic mass is 35.5. The van der Waals surface area contributed by atoms with Crippen LogP contribution in [0.3, 0.4) is 0 Å². The lowest BCUT2D eigenvalue weighted by molar-refractivity contribution is -0.139. The van der Waals surface area contributed by atoms with Gasteiger partial charge in [-0.05, 0) is 55.1 Å². The van der Waals surface area contributed by atoms with Crippen LogP contribution in [0, 0.1) is 6.92 Å². The van der Waals surface area contributed by atoms with E-state index in [2.05, 4.69) is 0 Å². The quantitative estimate of drug-likeness (QED) is 0.884. The molecule has 1 N–H and O–H groups in total. The largest absolute Gasteiger partial charge is 0.481 e. The van der Waals surface area contributed by atoms with Crippen molar-refractivity contribution in [1.82, 2.24) is 4.57 Å². The normalized spacial score (nSPS) is 17.5. The molecule has 6 heteroatoms. The van der Waals surface area contributed by atoms with E-state index in [0.29, 0.717) is 24.4 Å². The third kappa shape index (κ3) is 2.27. The highest BCUT2D eigenvalue weighted by Crippen LogP contribution is 2.33. The van der Waals surface area contributed by atoms with Crippen LogP contribution in [0.25, 0.3) is 0 Å². The third-order valence-corrected chi connectivity index (χ3v) is 4.06. The highest BCUT2D eigenvalue weighted by molar-refractivity contribution is 6.29. The first kappa shape index (κ1) is 13.9. The van der Waals surface area contributed by atoms with Gasteiger partial charge in [-0.1, -0.05) is 0 Å². The molecule has 0 spiro atoms. The predicted octanol–water partition coefficient (Wildman–Crippen LogP) is 3.24. The molecule has 0 bridgehead atoms. The number of halogens is 1. The number of fused-ring (bicyclic) bond motifs is 1. The number of carboxylic acids is 1. The summed E-state index contributed by atoms with van der Waals surface area (Å²) in [6, 6.07) is 4.83. The second kappa shape index (κ2) is 5.07. The third-order valence-electron chi connectivity index (χ3n) is 3.86. The fourth-order valence-electron chi connectivity index (χ4n) is 2.95. The summed E-state index contributed by atoms with van der Waals surface area (Å²) in [5, 5.41) is 9.47. The number of hydrogen-bond donors (Lipinski definition) is 1. The van der Waals surface area contributed by atoms with E-state index in [0.717, 1.165) is 12.0 Å². The molecular weight excluding hydrogens is 294 g/mol. The standard InChI is InChI=1S/C15H14ClNO4/c1-8-7-10-9(15(19)20)3-2-6-17(10)13(8)14(18)11-4-5-12(16)21-11/h4-5,7,9H,2-3,6H2,1H3,(H,19,20). The molecule has 0 radical (unpaired) electrons. The minimum absolute atomic E-state index is 0.157. The van der Waals surface area contributed by atoms with Crippen LogP contribution in [0.2, 0.25) is 5.22 Å². The van der Waals surface area contributed by atoms with Gasteiger partial charge in [0.15, 0.2) is 11.0 Å². The molecule has 0 saturated carbocycles. The Bertz CT molecular complexity index is 728. The Morgan fingerprint density at radius 1 is 1.43 bits per heavy atom. The molecule has 0 fully saturated rings. The van der Waals surface area contributed by atoms with E-state index in [-0.39, 0.29) is 16.8 Å². The summed E-state index contributed by atoms with van der Waals surface area (Å²) in [7, 11) is 0. The predicted molar refractivity (Wildman–Crippen MR) is 75.9 cm³/mol. The van der Waals surface area contributed by atoms with Crippen molar-refractivity contribution in [2.75, 3.05) is 0 Å². The van der Waals surface area contributed by atoms with Crippen LogP contribution in [-0.2, 0) is 11.3 Å². The topological polar surface area (TPSA) is 72.4 Å². The lowest BCUT2D eigenvalue weighted by atomic mass is 9.96. The molecule has 1 aliphatic heterocycles. The first-order valence-corrected chi connectivity index (χ1v) is 7.09. The van der Waals surface area contributed by atoms with Gasteiger partial charge in [0.2, 0.25) is 5.78 Å². The molecule has 0 saturated heterocycles. The van der Waals surface area contributed by atoms with Crippen molar-refractivity contribution in [3.63, 3.8) is 0 Å². The summed E-state index contributed by atoms with van der Waals surface area (Å²) in [6.45, 7) is 2.45. The fraction of sp³-hybridized carbons (Fsp3) is 0.333. The number of aromatic nitrogens is 1. The summed E-state index contributed by atoms with van der Waals surface area (Å²) in [5.74, 6) is -1.51. The average Bonchev–Trinajstić information content (AvgIpc) is 3.00. The Hall–Kier alpha value is -2.01. The minimum atomic E-state index is -0.853. The molecule has 5 nitrogen and oxygen atoms in total. The molecule has 110 valence electrons. The van der Waals surface area contributed by atoms with Gasteiger partial charge in [0, 0.05) is 12.2 Å². The smallest absolute Gasteiger partial charge is 0.312 e. The first-order valence-electron chi connectivity index (χ1n) is 6.72. The maximum Gasteiger partial charge on any atom is 0.312 e. The van der Waals surface area contributed by atoms with E-state index >= 15 is 0 Å². The molecule has 2 aromatic rings. The van der Waals surface area contributed by atoms with Gasteiger partial charge in [0.25, 0.3) is 0 Å². The van der Waals surface area contributed by atoms with Crippen molar-refractivity contribution in [3.8, 4) is 0 Å². The van der Waals surface area contributed by atoms with E-state index in [1.807, 2.05) is 6.92 Å². The van der Waals surface area contributed by atoms with Crippen LogP contribution in [0.5, 0.6) is 0 Å². The summed E-state index contributed by atoms with van der Waals surface area (Å²) in [4.78, 5) is 23.9. The first-order chi connectivity index (χ1) is 9.99. The summed E-state index contributed by atoms with van der Waals surface area (Å²) in [6.07, 6.45) is 1.33. The van der Waals surface area contributed by atoms with Crippen molar-refractivity contribution in [2.24, 2.45) is 0 Å². The van der Waals surface area contributed by atoms with E-state index < -0.39 is 11.9 Å². The minimum Gasteiger partial charge on any atom is -0.481 e. The maximum absolute atomic E-state index is 12.6. The molecule has 2 aromatic heterocycles. The van der Waals surface area contributed by atoms with E-state index in [4.69, 9.17) is 16.0 Å². The van der Waals surface area contributed by atoms with Crippen LogP contribution in [-0.4, -0.2) is 21.4 Å². The van der Waals surface area contributed by atoms with E-state index in [1.54, 1.807) is 10.6 Å². The summed E-state index contributed by atoms with van der Waals surface area (Å²) < 4.78 is 6.98. The zero-order valence-electron chi connectivity index (χ0n) is 11.4. The molecule has 1 unspecified atom stereocenters. The van der Waals surface area contributed by atoms with Gasteiger partial charge in [-0.15, -0.1) is 0 Å². The van der Waals surface area contributed by atoms with Gasteiger partial charge >= 0.3 is 5.97 Å². The number of ketones is 1. The van der Waals surface area contributed by atoms with Gasteiger partial charge in [0.1, 0.15) is 0 Å². The fourth-order valence-corrected chi connectivity index (χ4v) is 3.09. The molecule has 0 amide bonds. The number of aryl methyl sites for hydroxylation is 1. The van der Waals surface area contributed by atoms with Crippen LogP contribution >= 0.6 is 11.6 Å². The number of carbonyl (C=O) groups excluding carboxylic acids is 1. The molecule has 1 atom stereocenters. The maximum atomic E-state index is 12.6. The Balaban J connectivity index is 2.08. The number of carbonyl (C=O) groups is 2. The van der Waals surface area contributed by atoms with Crippen molar-refractivity contribution >= 4 is 23.4 Å². The van der Waals surface area contributed by atoms with Crippen molar-refractivity contribution < 1.29 is 19.1 Å². The Morgan fingerprint density at radius 2 is 2.19 bits per heavy atom. The molecule has 0 aliphatic carbocycles. The van der Waals surface area contributed by atoms with Gasteiger partial charge in [0.05, 0.1) is 11.6 Å². The lowest BCUT2D eigenvalue weighted by Gasteiger charge is -2.23. The number of hydrogen-bond acceptors (Lipinski definition) is 3. The van der Waals surface area contributed by atoms with Crippen molar-refractivity contribution in [1.29, 1.82) is 0 Å². The Kier molecular flexibility index (Phi) is 3.37. The number of aliphatic carboxylic acids is 1. The summed E-state index contributed by atoms with van der Waals surface area (Å²) in [5.41, 5.74) is 1.94. The molecule has 3 rings (SSSR count). The average molecular weight is 308 g/mol. The molecule has 1 aliphatic rings. The van der Waals surface area contributed by atoms with Crippen LogP contribution < -0.4 is 0 Å². The van der Waals surface area contributed by atoms with Gasteiger partial charge in [-0.3, -0.25) is 9.59 Å². The SMILES string of the molecule is Cc1cc2n(c1C(=O)c1ccc(Cl)o1)CCCC2C(=O)O. The van der Waals surface area contributed by atoms with Gasteiger partial charge in [-0.25, -0.2) is 0 Å². The zero-order chi connectivity index (χ0) is 15.1. The lowest BCUT2D eigenvalue weighted by Crippen LogP contribution is -2.23. The van der Waals surface area contributed by atoms with Crippen LogP contribution in [0.15, 0.2) is 22.6 Å². The highest BCUT2D eigenvalue weighted by Gasteiger charge is 2.31. The van der Waals surface area contributed by atoms with E-state index in [9.17, 15) is 14.7 Å². The van der Waals surface area contributed by atoms with Gasteiger partial charge in [-0.2, -0.15) is 0 Å². The number of nitrogens with zero attached hydrogens (tertiary/aromatic N) is 1. The number of furan rings is 1. The van der Waals surface area contributed by atoms with Crippen molar-refractivity contribution in [2.45, 2.75) is 32.2 Å².